The summed E-state index contributed by atoms with van der Waals surface area (Å²) in [5.41, 5.74) is 2.02. The van der Waals surface area contributed by atoms with Gasteiger partial charge < -0.3 is 5.32 Å². The molecule has 3 rings (SSSR count). The molecular formula is C15H15ClFNS. The second-order valence-corrected chi connectivity index (χ2v) is 6.25. The van der Waals surface area contributed by atoms with E-state index in [0.29, 0.717) is 18.2 Å². The first-order valence-corrected chi connectivity index (χ1v) is 7.74. The molecule has 0 bridgehead atoms. The summed E-state index contributed by atoms with van der Waals surface area (Å²) < 4.78 is 13.8. The van der Waals surface area contributed by atoms with Crippen LogP contribution in [0.5, 0.6) is 0 Å². The lowest BCUT2D eigenvalue weighted by Crippen LogP contribution is -2.24. The van der Waals surface area contributed by atoms with Crippen molar-refractivity contribution in [2.24, 2.45) is 0 Å². The SMILES string of the molecule is Fc1c(Cl)cccc1CNC1CCCc2sccc21. The van der Waals surface area contributed by atoms with Crippen molar-refractivity contribution in [2.45, 2.75) is 31.8 Å². The highest BCUT2D eigenvalue weighted by Crippen LogP contribution is 2.33. The lowest BCUT2D eigenvalue weighted by molar-refractivity contribution is 0.456. The molecule has 4 heteroatoms. The van der Waals surface area contributed by atoms with E-state index >= 15 is 0 Å². The van der Waals surface area contributed by atoms with Crippen LogP contribution in [0.15, 0.2) is 29.6 Å². The Morgan fingerprint density at radius 2 is 2.26 bits per heavy atom. The van der Waals surface area contributed by atoms with Crippen LogP contribution in [0.4, 0.5) is 4.39 Å². The van der Waals surface area contributed by atoms with Crippen LogP contribution in [0.1, 0.15) is 34.9 Å². The van der Waals surface area contributed by atoms with Gasteiger partial charge in [0.25, 0.3) is 0 Å². The first kappa shape index (κ1) is 13.1. The number of thiophene rings is 1. The van der Waals surface area contributed by atoms with Gasteiger partial charge in [0.1, 0.15) is 5.82 Å². The minimum Gasteiger partial charge on any atom is -0.306 e. The Labute approximate surface area is 121 Å². The summed E-state index contributed by atoms with van der Waals surface area (Å²) >= 11 is 7.62. The summed E-state index contributed by atoms with van der Waals surface area (Å²) in [7, 11) is 0. The van der Waals surface area contributed by atoms with Crippen LogP contribution in [0.2, 0.25) is 5.02 Å². The van der Waals surface area contributed by atoms with Crippen molar-refractivity contribution < 1.29 is 4.39 Å². The lowest BCUT2D eigenvalue weighted by Gasteiger charge is -2.24. The van der Waals surface area contributed by atoms with Crippen molar-refractivity contribution in [3.8, 4) is 0 Å². The molecule has 19 heavy (non-hydrogen) atoms. The van der Waals surface area contributed by atoms with E-state index in [1.165, 1.54) is 23.3 Å². The van der Waals surface area contributed by atoms with Gasteiger partial charge >= 0.3 is 0 Å². The average molecular weight is 296 g/mol. The minimum absolute atomic E-state index is 0.194. The van der Waals surface area contributed by atoms with Crippen LogP contribution >= 0.6 is 22.9 Å². The molecule has 0 spiro atoms. The Bertz CT molecular complexity index is 581. The fraction of sp³-hybridized carbons (Fsp3) is 0.333. The molecule has 1 aromatic carbocycles. The van der Waals surface area contributed by atoms with Gasteiger partial charge in [-0.25, -0.2) is 4.39 Å². The minimum atomic E-state index is -0.307. The van der Waals surface area contributed by atoms with Crippen molar-refractivity contribution in [2.75, 3.05) is 0 Å². The molecule has 1 unspecified atom stereocenters. The van der Waals surface area contributed by atoms with Crippen LogP contribution in [0.25, 0.3) is 0 Å². The van der Waals surface area contributed by atoms with Crippen molar-refractivity contribution in [3.63, 3.8) is 0 Å². The number of aryl methyl sites for hydroxylation is 1. The van der Waals surface area contributed by atoms with Crippen molar-refractivity contribution in [1.29, 1.82) is 0 Å². The second kappa shape index (κ2) is 5.61. The van der Waals surface area contributed by atoms with Crippen LogP contribution in [-0.4, -0.2) is 0 Å². The van der Waals surface area contributed by atoms with Gasteiger partial charge in [-0.3, -0.25) is 0 Å². The smallest absolute Gasteiger partial charge is 0.146 e. The summed E-state index contributed by atoms with van der Waals surface area (Å²) in [6, 6.07) is 7.68. The highest BCUT2D eigenvalue weighted by Gasteiger charge is 2.21. The highest BCUT2D eigenvalue weighted by atomic mass is 35.5. The fourth-order valence-electron chi connectivity index (χ4n) is 2.62. The van der Waals surface area contributed by atoms with E-state index in [2.05, 4.69) is 16.8 Å². The van der Waals surface area contributed by atoms with Gasteiger partial charge in [-0.2, -0.15) is 0 Å². The Kier molecular flexibility index (Phi) is 3.87. The third-order valence-electron chi connectivity index (χ3n) is 3.62. The van der Waals surface area contributed by atoms with Gasteiger partial charge in [-0.05, 0) is 42.3 Å². The number of nitrogens with one attached hydrogen (secondary N) is 1. The topological polar surface area (TPSA) is 12.0 Å². The molecule has 100 valence electrons. The average Bonchev–Trinajstić information content (AvgIpc) is 2.89. The molecule has 1 heterocycles. The zero-order chi connectivity index (χ0) is 13.2. The van der Waals surface area contributed by atoms with Crippen LogP contribution in [-0.2, 0) is 13.0 Å². The Hall–Kier alpha value is -0.900. The third kappa shape index (κ3) is 2.69. The fourth-order valence-corrected chi connectivity index (χ4v) is 3.80. The molecule has 0 aliphatic heterocycles. The first-order valence-electron chi connectivity index (χ1n) is 6.48. The Morgan fingerprint density at radius 3 is 3.16 bits per heavy atom. The zero-order valence-corrected chi connectivity index (χ0v) is 12.0. The number of fused-ring (bicyclic) bond motifs is 1. The van der Waals surface area contributed by atoms with E-state index in [0.717, 1.165) is 6.42 Å². The zero-order valence-electron chi connectivity index (χ0n) is 10.5. The van der Waals surface area contributed by atoms with E-state index in [9.17, 15) is 4.39 Å². The van der Waals surface area contributed by atoms with Crippen molar-refractivity contribution >= 4 is 22.9 Å². The van der Waals surface area contributed by atoms with Crippen molar-refractivity contribution in [3.05, 3.63) is 56.5 Å². The van der Waals surface area contributed by atoms with E-state index in [1.54, 1.807) is 18.2 Å². The van der Waals surface area contributed by atoms with Gasteiger partial charge in [-0.15, -0.1) is 11.3 Å². The summed E-state index contributed by atoms with van der Waals surface area (Å²) in [6.07, 6.45) is 3.49. The predicted octanol–water partition coefficient (Wildman–Crippen LogP) is 4.71. The first-order chi connectivity index (χ1) is 9.25. The number of hydrogen-bond donors (Lipinski definition) is 1. The molecule has 1 nitrogen and oxygen atoms in total. The molecule has 0 amide bonds. The normalized spacial score (nSPS) is 18.3. The van der Waals surface area contributed by atoms with Gasteiger partial charge in [0.05, 0.1) is 5.02 Å². The molecule has 1 N–H and O–H groups in total. The molecule has 1 atom stereocenters. The van der Waals surface area contributed by atoms with E-state index in [1.807, 2.05) is 11.3 Å². The lowest BCUT2D eigenvalue weighted by atomic mass is 9.94. The van der Waals surface area contributed by atoms with E-state index in [-0.39, 0.29) is 10.8 Å². The number of benzene rings is 1. The van der Waals surface area contributed by atoms with Crippen LogP contribution in [0, 0.1) is 5.82 Å². The predicted molar refractivity (Wildman–Crippen MR) is 78.2 cm³/mol. The number of halogens is 2. The summed E-state index contributed by atoms with van der Waals surface area (Å²) in [5.74, 6) is -0.307. The van der Waals surface area contributed by atoms with Crippen molar-refractivity contribution in [1.82, 2.24) is 5.32 Å². The van der Waals surface area contributed by atoms with Gasteiger partial charge in [0.2, 0.25) is 0 Å². The molecule has 1 aliphatic rings. The van der Waals surface area contributed by atoms with Gasteiger partial charge in [-0.1, -0.05) is 23.7 Å². The molecule has 0 radical (unpaired) electrons. The summed E-state index contributed by atoms with van der Waals surface area (Å²) in [4.78, 5) is 1.47. The van der Waals surface area contributed by atoms with E-state index in [4.69, 9.17) is 11.6 Å². The monoisotopic (exact) mass is 295 g/mol. The van der Waals surface area contributed by atoms with E-state index < -0.39 is 0 Å². The third-order valence-corrected chi connectivity index (χ3v) is 4.91. The number of hydrogen-bond acceptors (Lipinski definition) is 2. The van der Waals surface area contributed by atoms with Crippen LogP contribution < -0.4 is 5.32 Å². The maximum absolute atomic E-state index is 13.8. The van der Waals surface area contributed by atoms with Crippen LogP contribution in [0.3, 0.4) is 0 Å². The molecule has 2 aromatic rings. The Morgan fingerprint density at radius 1 is 1.37 bits per heavy atom. The summed E-state index contributed by atoms with van der Waals surface area (Å²) in [6.45, 7) is 0.520. The molecule has 1 aliphatic carbocycles. The molecule has 0 saturated heterocycles. The highest BCUT2D eigenvalue weighted by molar-refractivity contribution is 7.10. The standard InChI is InChI=1S/C15H15ClFNS/c16-12-4-1-3-10(15(12)17)9-18-13-5-2-6-14-11(13)7-8-19-14/h1,3-4,7-8,13,18H,2,5-6,9H2. The van der Waals surface area contributed by atoms with Gasteiger partial charge in [0, 0.05) is 23.0 Å². The Balaban J connectivity index is 1.73. The second-order valence-electron chi connectivity index (χ2n) is 4.84. The molecule has 0 fully saturated rings. The molecule has 0 saturated carbocycles. The summed E-state index contributed by atoms with van der Waals surface area (Å²) in [5, 5.41) is 5.79. The van der Waals surface area contributed by atoms with Gasteiger partial charge in [0.15, 0.2) is 0 Å². The molecule has 1 aromatic heterocycles. The maximum atomic E-state index is 13.8. The quantitative estimate of drug-likeness (QED) is 0.865. The largest absolute Gasteiger partial charge is 0.306 e. The molecular weight excluding hydrogens is 281 g/mol. The maximum Gasteiger partial charge on any atom is 0.146 e. The number of rotatable bonds is 3.